The molecule has 0 unspecified atom stereocenters. The van der Waals surface area contributed by atoms with E-state index in [1.165, 1.54) is 0 Å². The smallest absolute Gasteiger partial charge is 0.242 e. The van der Waals surface area contributed by atoms with E-state index in [0.717, 1.165) is 17.7 Å². The van der Waals surface area contributed by atoms with Gasteiger partial charge in [-0.15, -0.1) is 0 Å². The van der Waals surface area contributed by atoms with E-state index in [-0.39, 0.29) is 17.1 Å². The Labute approximate surface area is 114 Å². The van der Waals surface area contributed by atoms with E-state index in [2.05, 4.69) is 13.8 Å². The average Bonchev–Trinajstić information content (AvgIpc) is 2.70. The highest BCUT2D eigenvalue weighted by Gasteiger charge is 2.33. The van der Waals surface area contributed by atoms with Crippen LogP contribution in [0.3, 0.4) is 0 Å². The summed E-state index contributed by atoms with van der Waals surface area (Å²) >= 11 is 0. The number of Topliss-reactive ketones (excluding diaryl/α,β-unsaturated/α-hetero) is 1. The molecule has 1 aliphatic carbocycles. The molecule has 1 amide bonds. The molecule has 1 aliphatic rings. The summed E-state index contributed by atoms with van der Waals surface area (Å²) in [5.41, 5.74) is 1.80. The van der Waals surface area contributed by atoms with Crippen LogP contribution in [0.2, 0.25) is 0 Å². The fourth-order valence-electron chi connectivity index (χ4n) is 2.59. The first-order valence-corrected chi connectivity index (χ1v) is 6.79. The zero-order chi connectivity index (χ0) is 14.2. The minimum absolute atomic E-state index is 0.0140. The van der Waals surface area contributed by atoms with Gasteiger partial charge in [0, 0.05) is 37.5 Å². The van der Waals surface area contributed by atoms with Crippen LogP contribution in [0.15, 0.2) is 12.3 Å². The van der Waals surface area contributed by atoms with Gasteiger partial charge in [0.15, 0.2) is 5.78 Å². The van der Waals surface area contributed by atoms with Crippen LogP contribution in [0.4, 0.5) is 0 Å². The predicted molar refractivity (Wildman–Crippen MR) is 74.2 cm³/mol. The topological polar surface area (TPSA) is 42.3 Å². The van der Waals surface area contributed by atoms with Crippen molar-refractivity contribution < 1.29 is 9.59 Å². The van der Waals surface area contributed by atoms with Crippen LogP contribution >= 0.6 is 0 Å². The molecule has 0 aromatic carbocycles. The van der Waals surface area contributed by atoms with Crippen molar-refractivity contribution in [3.05, 3.63) is 23.5 Å². The molecule has 0 N–H and O–H groups in total. The van der Waals surface area contributed by atoms with E-state index < -0.39 is 0 Å². The van der Waals surface area contributed by atoms with Crippen LogP contribution in [0, 0.1) is 5.41 Å². The van der Waals surface area contributed by atoms with E-state index in [9.17, 15) is 9.59 Å². The Kier molecular flexibility index (Phi) is 3.52. The van der Waals surface area contributed by atoms with Crippen LogP contribution in [0.25, 0.3) is 0 Å². The summed E-state index contributed by atoms with van der Waals surface area (Å²) in [6.07, 6.45) is 3.31. The Morgan fingerprint density at radius 2 is 2.11 bits per heavy atom. The van der Waals surface area contributed by atoms with Crippen LogP contribution in [0.1, 0.15) is 43.2 Å². The second-order valence-corrected chi connectivity index (χ2v) is 6.15. The molecule has 2 rings (SSSR count). The Hall–Kier alpha value is -1.58. The molecule has 0 spiro atoms. The summed E-state index contributed by atoms with van der Waals surface area (Å²) in [6.45, 7) is 7.18. The Morgan fingerprint density at radius 3 is 2.74 bits per heavy atom. The van der Waals surface area contributed by atoms with Gasteiger partial charge in [-0.3, -0.25) is 9.59 Å². The van der Waals surface area contributed by atoms with E-state index in [4.69, 9.17) is 0 Å². The fourth-order valence-corrected chi connectivity index (χ4v) is 2.59. The molecule has 0 radical (unpaired) electrons. The normalized spacial score (nSPS) is 17.2. The van der Waals surface area contributed by atoms with Crippen LogP contribution < -0.4 is 0 Å². The Bertz CT molecular complexity index is 514. The fraction of sp³-hybridized carbons (Fsp3) is 0.600. The number of carbonyl (C=O) groups is 2. The van der Waals surface area contributed by atoms with Crippen molar-refractivity contribution in [2.24, 2.45) is 5.41 Å². The van der Waals surface area contributed by atoms with Crippen molar-refractivity contribution in [3.8, 4) is 0 Å². The maximum Gasteiger partial charge on any atom is 0.242 e. The van der Waals surface area contributed by atoms with Crippen molar-refractivity contribution >= 4 is 11.7 Å². The van der Waals surface area contributed by atoms with Gasteiger partial charge in [0.25, 0.3) is 0 Å². The lowest BCUT2D eigenvalue weighted by atomic mass is 9.76. The molecular weight excluding hydrogens is 240 g/mol. The number of nitrogens with zero attached hydrogens (tertiary/aromatic N) is 2. The largest absolute Gasteiger partial charge is 0.344 e. The molecule has 0 atom stereocenters. The van der Waals surface area contributed by atoms with Crippen LogP contribution in [-0.2, 0) is 17.8 Å². The summed E-state index contributed by atoms with van der Waals surface area (Å²) in [5.74, 6) is 0.276. The Balaban J connectivity index is 2.26. The van der Waals surface area contributed by atoms with Crippen molar-refractivity contribution in [2.45, 2.75) is 40.2 Å². The molecule has 0 saturated carbocycles. The van der Waals surface area contributed by atoms with Gasteiger partial charge in [-0.2, -0.15) is 0 Å². The highest BCUT2D eigenvalue weighted by atomic mass is 16.2. The summed E-state index contributed by atoms with van der Waals surface area (Å²) < 4.78 is 1.93. The average molecular weight is 262 g/mol. The lowest BCUT2D eigenvalue weighted by Crippen LogP contribution is -2.32. The molecular formula is C15H22N2O2. The van der Waals surface area contributed by atoms with E-state index >= 15 is 0 Å². The highest BCUT2D eigenvalue weighted by molar-refractivity contribution is 5.99. The van der Waals surface area contributed by atoms with Crippen molar-refractivity contribution in [1.82, 2.24) is 9.47 Å². The lowest BCUT2D eigenvalue weighted by Gasteiger charge is -2.29. The first-order chi connectivity index (χ1) is 8.84. The van der Waals surface area contributed by atoms with Crippen LogP contribution in [-0.4, -0.2) is 34.7 Å². The molecule has 0 saturated heterocycles. The first kappa shape index (κ1) is 13.8. The van der Waals surface area contributed by atoms with Gasteiger partial charge in [0.2, 0.25) is 5.91 Å². The number of hydrogen-bond donors (Lipinski definition) is 0. The number of aromatic nitrogens is 1. The van der Waals surface area contributed by atoms with Crippen molar-refractivity contribution in [1.29, 1.82) is 0 Å². The van der Waals surface area contributed by atoms with Gasteiger partial charge in [-0.1, -0.05) is 13.8 Å². The number of likely N-dealkylation sites (N-methyl/N-ethyl adjacent to an activating group) is 1. The number of hydrogen-bond acceptors (Lipinski definition) is 2. The van der Waals surface area contributed by atoms with Gasteiger partial charge >= 0.3 is 0 Å². The molecule has 1 aromatic heterocycles. The number of rotatable bonds is 3. The second kappa shape index (κ2) is 4.83. The third kappa shape index (κ3) is 2.72. The van der Waals surface area contributed by atoms with Gasteiger partial charge in [0.05, 0.1) is 0 Å². The van der Waals surface area contributed by atoms with Crippen LogP contribution in [0.5, 0.6) is 0 Å². The standard InChI is InChI=1S/C15H22N2O2/c1-5-16(4)14(19)10-17-7-6-11-12(17)8-15(2,3)9-13(11)18/h6-7H,5,8-10H2,1-4H3. The third-order valence-electron chi connectivity index (χ3n) is 3.87. The Morgan fingerprint density at radius 1 is 1.42 bits per heavy atom. The molecule has 0 bridgehead atoms. The monoisotopic (exact) mass is 262 g/mol. The van der Waals surface area contributed by atoms with Gasteiger partial charge in [-0.05, 0) is 24.8 Å². The van der Waals surface area contributed by atoms with Crippen molar-refractivity contribution in [2.75, 3.05) is 13.6 Å². The van der Waals surface area contributed by atoms with Gasteiger partial charge in [0.1, 0.15) is 6.54 Å². The van der Waals surface area contributed by atoms with E-state index in [1.807, 2.05) is 23.8 Å². The first-order valence-electron chi connectivity index (χ1n) is 6.79. The molecule has 4 nitrogen and oxygen atoms in total. The molecule has 4 heteroatoms. The number of carbonyl (C=O) groups excluding carboxylic acids is 2. The molecule has 104 valence electrons. The SMILES string of the molecule is CCN(C)C(=O)Cn1ccc2c1CC(C)(C)CC2=O. The van der Waals surface area contributed by atoms with Crippen molar-refractivity contribution in [3.63, 3.8) is 0 Å². The quantitative estimate of drug-likeness (QED) is 0.837. The van der Waals surface area contributed by atoms with E-state index in [0.29, 0.717) is 19.5 Å². The minimum atomic E-state index is -0.0140. The van der Waals surface area contributed by atoms with E-state index in [1.54, 1.807) is 11.9 Å². The zero-order valence-corrected chi connectivity index (χ0v) is 12.2. The predicted octanol–water partition coefficient (Wildman–Crippen LogP) is 2.12. The highest BCUT2D eigenvalue weighted by Crippen LogP contribution is 2.35. The molecule has 1 heterocycles. The molecule has 1 aromatic rings. The van der Waals surface area contributed by atoms with Gasteiger partial charge in [-0.25, -0.2) is 0 Å². The second-order valence-electron chi connectivity index (χ2n) is 6.15. The molecule has 0 aliphatic heterocycles. The zero-order valence-electron chi connectivity index (χ0n) is 12.2. The van der Waals surface area contributed by atoms with Gasteiger partial charge < -0.3 is 9.47 Å². The summed E-state index contributed by atoms with van der Waals surface area (Å²) in [4.78, 5) is 25.8. The summed E-state index contributed by atoms with van der Waals surface area (Å²) in [5, 5.41) is 0. The minimum Gasteiger partial charge on any atom is -0.344 e. The number of ketones is 1. The summed E-state index contributed by atoms with van der Waals surface area (Å²) in [6, 6.07) is 1.85. The molecule has 19 heavy (non-hydrogen) atoms. The third-order valence-corrected chi connectivity index (χ3v) is 3.87. The lowest BCUT2D eigenvalue weighted by molar-refractivity contribution is -0.130. The number of fused-ring (bicyclic) bond motifs is 1. The summed E-state index contributed by atoms with van der Waals surface area (Å²) in [7, 11) is 1.80. The maximum absolute atomic E-state index is 12.1. The molecule has 0 fully saturated rings. The number of amides is 1. The maximum atomic E-state index is 12.1.